The van der Waals surface area contributed by atoms with E-state index in [0.717, 1.165) is 25.7 Å². The number of rotatable bonds is 4. The lowest BCUT2D eigenvalue weighted by Crippen LogP contribution is -2.40. The summed E-state index contributed by atoms with van der Waals surface area (Å²) in [5.41, 5.74) is 6.66. The van der Waals surface area contributed by atoms with Crippen LogP contribution in [0.25, 0.3) is 0 Å². The molecule has 2 atom stereocenters. The molecule has 0 spiro atoms. The minimum Gasteiger partial charge on any atom is -0.497 e. The van der Waals surface area contributed by atoms with Gasteiger partial charge in [-0.1, -0.05) is 12.8 Å². The summed E-state index contributed by atoms with van der Waals surface area (Å²) in [4.78, 5) is 12.4. The van der Waals surface area contributed by atoms with E-state index < -0.39 is 0 Å². The van der Waals surface area contributed by atoms with Crippen LogP contribution in [0.1, 0.15) is 25.7 Å². The highest BCUT2D eigenvalue weighted by Gasteiger charge is 2.28. The van der Waals surface area contributed by atoms with Gasteiger partial charge in [-0.25, -0.2) is 0 Å². The lowest BCUT2D eigenvalue weighted by molar-refractivity contribution is -0.121. The molecule has 5 nitrogen and oxygen atoms in total. The number of hydrogen-bond donors (Lipinski definition) is 2. The normalized spacial score (nSPS) is 22.1. The van der Waals surface area contributed by atoms with Crippen molar-refractivity contribution in [2.24, 2.45) is 11.7 Å². The van der Waals surface area contributed by atoms with Crippen LogP contribution in [-0.4, -0.2) is 26.2 Å². The number of carbonyl (C=O) groups is 1. The number of carbonyl (C=O) groups excluding carboxylic acids is 1. The van der Waals surface area contributed by atoms with Crippen LogP contribution in [0, 0.1) is 5.92 Å². The third-order valence-electron chi connectivity index (χ3n) is 3.82. The summed E-state index contributed by atoms with van der Waals surface area (Å²) >= 11 is 0. The fraction of sp³-hybridized carbons (Fsp3) is 0.533. The standard InChI is InChI=1S/C15H22N2O3/c1-19-10-7-8-14(20-2)13(9-10)17-15(18)11-5-3-4-6-12(11)16/h7-9,11-12H,3-6,16H2,1-2H3,(H,17,18). The summed E-state index contributed by atoms with van der Waals surface area (Å²) in [5, 5.41) is 2.91. The molecule has 1 fully saturated rings. The first-order valence-corrected chi connectivity index (χ1v) is 6.94. The molecule has 2 rings (SSSR count). The fourth-order valence-electron chi connectivity index (χ4n) is 2.62. The van der Waals surface area contributed by atoms with Crippen LogP contribution in [0.2, 0.25) is 0 Å². The van der Waals surface area contributed by atoms with Gasteiger partial charge in [0.1, 0.15) is 11.5 Å². The molecule has 3 N–H and O–H groups in total. The first-order chi connectivity index (χ1) is 9.65. The van der Waals surface area contributed by atoms with Gasteiger partial charge in [0.2, 0.25) is 5.91 Å². The van der Waals surface area contributed by atoms with Crippen molar-refractivity contribution in [1.29, 1.82) is 0 Å². The van der Waals surface area contributed by atoms with E-state index in [9.17, 15) is 4.79 Å². The SMILES string of the molecule is COc1ccc(OC)c(NC(=O)C2CCCCC2N)c1. The van der Waals surface area contributed by atoms with Crippen molar-refractivity contribution in [1.82, 2.24) is 0 Å². The van der Waals surface area contributed by atoms with Gasteiger partial charge in [-0.2, -0.15) is 0 Å². The van der Waals surface area contributed by atoms with Gasteiger partial charge in [-0.05, 0) is 25.0 Å². The van der Waals surface area contributed by atoms with E-state index in [1.54, 1.807) is 32.4 Å². The van der Waals surface area contributed by atoms with Gasteiger partial charge >= 0.3 is 0 Å². The van der Waals surface area contributed by atoms with Crippen molar-refractivity contribution in [3.63, 3.8) is 0 Å². The van der Waals surface area contributed by atoms with E-state index in [4.69, 9.17) is 15.2 Å². The minimum absolute atomic E-state index is 0.0382. The Bertz CT molecular complexity index is 476. The van der Waals surface area contributed by atoms with E-state index >= 15 is 0 Å². The highest BCUT2D eigenvalue weighted by Crippen LogP contribution is 2.31. The minimum atomic E-state index is -0.125. The highest BCUT2D eigenvalue weighted by atomic mass is 16.5. The molecule has 1 aliphatic rings. The van der Waals surface area contributed by atoms with Crippen LogP contribution in [-0.2, 0) is 4.79 Å². The Kier molecular flexibility index (Phi) is 4.84. The average molecular weight is 278 g/mol. The Morgan fingerprint density at radius 3 is 2.65 bits per heavy atom. The van der Waals surface area contributed by atoms with Crippen LogP contribution >= 0.6 is 0 Å². The van der Waals surface area contributed by atoms with E-state index in [-0.39, 0.29) is 17.9 Å². The number of benzene rings is 1. The molecule has 1 amide bonds. The van der Waals surface area contributed by atoms with Crippen molar-refractivity contribution < 1.29 is 14.3 Å². The summed E-state index contributed by atoms with van der Waals surface area (Å²) in [6.07, 6.45) is 3.92. The Hall–Kier alpha value is -1.75. The molecule has 1 aromatic rings. The van der Waals surface area contributed by atoms with Gasteiger partial charge in [0, 0.05) is 12.1 Å². The Morgan fingerprint density at radius 2 is 2.00 bits per heavy atom. The molecule has 1 saturated carbocycles. The number of amides is 1. The van der Waals surface area contributed by atoms with Crippen molar-refractivity contribution in [3.05, 3.63) is 18.2 Å². The van der Waals surface area contributed by atoms with Gasteiger partial charge in [-0.15, -0.1) is 0 Å². The second-order valence-electron chi connectivity index (χ2n) is 5.11. The average Bonchev–Trinajstić information content (AvgIpc) is 2.47. The first kappa shape index (κ1) is 14.7. The van der Waals surface area contributed by atoms with E-state index in [2.05, 4.69) is 5.32 Å². The third kappa shape index (κ3) is 3.22. The van der Waals surface area contributed by atoms with E-state index in [0.29, 0.717) is 17.2 Å². The quantitative estimate of drug-likeness (QED) is 0.885. The molecule has 0 bridgehead atoms. The van der Waals surface area contributed by atoms with Gasteiger partial charge in [0.05, 0.1) is 25.8 Å². The predicted molar refractivity (Wildman–Crippen MR) is 78.1 cm³/mol. The van der Waals surface area contributed by atoms with Gasteiger partial charge in [0.25, 0.3) is 0 Å². The predicted octanol–water partition coefficient (Wildman–Crippen LogP) is 2.16. The third-order valence-corrected chi connectivity index (χ3v) is 3.82. The van der Waals surface area contributed by atoms with Crippen molar-refractivity contribution in [2.45, 2.75) is 31.7 Å². The summed E-state index contributed by atoms with van der Waals surface area (Å²) in [6.45, 7) is 0. The molecule has 2 unspecified atom stereocenters. The van der Waals surface area contributed by atoms with Crippen LogP contribution in [0.15, 0.2) is 18.2 Å². The van der Waals surface area contributed by atoms with Crippen molar-refractivity contribution >= 4 is 11.6 Å². The molecule has 0 aromatic heterocycles. The Balaban J connectivity index is 2.13. The van der Waals surface area contributed by atoms with Gasteiger partial charge in [0.15, 0.2) is 0 Å². The summed E-state index contributed by atoms with van der Waals surface area (Å²) in [6, 6.07) is 5.27. The summed E-state index contributed by atoms with van der Waals surface area (Å²) in [7, 11) is 3.16. The number of ether oxygens (including phenoxy) is 2. The highest BCUT2D eigenvalue weighted by molar-refractivity contribution is 5.94. The van der Waals surface area contributed by atoms with Gasteiger partial charge in [-0.3, -0.25) is 4.79 Å². The van der Waals surface area contributed by atoms with Crippen molar-refractivity contribution in [2.75, 3.05) is 19.5 Å². The molecule has 20 heavy (non-hydrogen) atoms. The Labute approximate surface area is 119 Å². The fourth-order valence-corrected chi connectivity index (χ4v) is 2.62. The number of nitrogens with one attached hydrogen (secondary N) is 1. The molecular formula is C15H22N2O3. The number of anilines is 1. The maximum atomic E-state index is 12.4. The lowest BCUT2D eigenvalue weighted by atomic mass is 9.84. The first-order valence-electron chi connectivity index (χ1n) is 6.94. The largest absolute Gasteiger partial charge is 0.497 e. The lowest BCUT2D eigenvalue weighted by Gasteiger charge is -2.27. The molecule has 1 aromatic carbocycles. The molecule has 0 heterocycles. The summed E-state index contributed by atoms with van der Waals surface area (Å²) in [5.74, 6) is 1.13. The van der Waals surface area contributed by atoms with Crippen LogP contribution in [0.4, 0.5) is 5.69 Å². The number of methoxy groups -OCH3 is 2. The van der Waals surface area contributed by atoms with Crippen LogP contribution in [0.5, 0.6) is 11.5 Å². The second kappa shape index (κ2) is 6.61. The molecule has 5 heteroatoms. The zero-order chi connectivity index (χ0) is 14.5. The maximum absolute atomic E-state index is 12.4. The monoisotopic (exact) mass is 278 g/mol. The maximum Gasteiger partial charge on any atom is 0.229 e. The number of hydrogen-bond acceptors (Lipinski definition) is 4. The second-order valence-corrected chi connectivity index (χ2v) is 5.11. The van der Waals surface area contributed by atoms with E-state index in [1.165, 1.54) is 0 Å². The zero-order valence-electron chi connectivity index (χ0n) is 12.0. The Morgan fingerprint density at radius 1 is 1.25 bits per heavy atom. The topological polar surface area (TPSA) is 73.6 Å². The molecule has 1 aliphatic carbocycles. The van der Waals surface area contributed by atoms with Crippen LogP contribution < -0.4 is 20.5 Å². The van der Waals surface area contributed by atoms with Gasteiger partial charge < -0.3 is 20.5 Å². The number of nitrogens with two attached hydrogens (primary N) is 1. The van der Waals surface area contributed by atoms with Crippen molar-refractivity contribution in [3.8, 4) is 11.5 Å². The molecule has 110 valence electrons. The molecule has 0 saturated heterocycles. The smallest absolute Gasteiger partial charge is 0.229 e. The zero-order valence-corrected chi connectivity index (χ0v) is 12.0. The molecule has 0 aliphatic heterocycles. The molecule has 0 radical (unpaired) electrons. The summed E-state index contributed by atoms with van der Waals surface area (Å²) < 4.78 is 10.4. The van der Waals surface area contributed by atoms with Crippen LogP contribution in [0.3, 0.4) is 0 Å². The molecular weight excluding hydrogens is 256 g/mol. The van der Waals surface area contributed by atoms with E-state index in [1.807, 2.05) is 0 Å².